The molecule has 0 aromatic rings. The zero-order chi connectivity index (χ0) is 5.28. The Kier molecular flexibility index (Phi) is 1.58. The molecule has 2 atom stereocenters. The summed E-state index contributed by atoms with van der Waals surface area (Å²) in [7, 11) is 0. The quantitative estimate of drug-likeness (QED) is 0.429. The minimum Gasteiger partial charge on any atom is -0.123 e. The monoisotopic (exact) mass is 118 g/mol. The Morgan fingerprint density at radius 2 is 2.14 bits per heavy atom. The molecule has 0 amide bonds. The van der Waals surface area contributed by atoms with Crippen LogP contribution in [0.5, 0.6) is 0 Å². The lowest BCUT2D eigenvalue weighted by Crippen LogP contribution is -1.99. The molecular weight excluding hydrogens is 108 g/mol. The smallest absolute Gasteiger partial charge is 0.0361 e. The van der Waals surface area contributed by atoms with Crippen molar-refractivity contribution < 1.29 is 0 Å². The molecule has 0 bridgehead atoms. The first kappa shape index (κ1) is 5.43. The van der Waals surface area contributed by atoms with E-state index in [0.717, 1.165) is 5.92 Å². The molecule has 0 unspecified atom stereocenters. The standard InChI is InChI=1S/C6H11Cl/c1-5-3-2-4-6(5)7/h5-6H,2-4H2,1H3/t5-,6+/m0/s1. The summed E-state index contributed by atoms with van der Waals surface area (Å²) >= 11 is 5.86. The van der Waals surface area contributed by atoms with Crippen LogP contribution in [0.25, 0.3) is 0 Å². The van der Waals surface area contributed by atoms with E-state index >= 15 is 0 Å². The van der Waals surface area contributed by atoms with Crippen LogP contribution in [-0.2, 0) is 0 Å². The Hall–Kier alpha value is 0.290. The van der Waals surface area contributed by atoms with Crippen LogP contribution in [0, 0.1) is 5.92 Å². The molecule has 1 rings (SSSR count). The zero-order valence-corrected chi connectivity index (χ0v) is 5.41. The van der Waals surface area contributed by atoms with Crippen molar-refractivity contribution in [3.8, 4) is 0 Å². The van der Waals surface area contributed by atoms with E-state index in [2.05, 4.69) is 6.92 Å². The van der Waals surface area contributed by atoms with Crippen molar-refractivity contribution in [2.75, 3.05) is 0 Å². The normalized spacial score (nSPS) is 42.0. The van der Waals surface area contributed by atoms with Crippen LogP contribution in [0.2, 0.25) is 0 Å². The van der Waals surface area contributed by atoms with Gasteiger partial charge in [-0.15, -0.1) is 11.6 Å². The molecule has 0 heterocycles. The van der Waals surface area contributed by atoms with Crippen LogP contribution in [-0.4, -0.2) is 5.38 Å². The van der Waals surface area contributed by atoms with Crippen LogP contribution < -0.4 is 0 Å². The SMILES string of the molecule is C[C@H]1CCC[C@H]1Cl. The predicted octanol–water partition coefficient (Wildman–Crippen LogP) is 2.41. The fourth-order valence-electron chi connectivity index (χ4n) is 1.10. The Labute approximate surface area is 49.9 Å². The van der Waals surface area contributed by atoms with Gasteiger partial charge >= 0.3 is 0 Å². The van der Waals surface area contributed by atoms with Gasteiger partial charge in [0.2, 0.25) is 0 Å². The average Bonchev–Trinajstić information content (AvgIpc) is 1.91. The second kappa shape index (κ2) is 2.04. The van der Waals surface area contributed by atoms with Crippen LogP contribution in [0.15, 0.2) is 0 Å². The molecule has 0 N–H and O–H groups in total. The summed E-state index contributed by atoms with van der Waals surface area (Å²) in [6.07, 6.45) is 3.92. The van der Waals surface area contributed by atoms with Crippen molar-refractivity contribution in [1.29, 1.82) is 0 Å². The van der Waals surface area contributed by atoms with Crippen LogP contribution in [0.4, 0.5) is 0 Å². The summed E-state index contributed by atoms with van der Waals surface area (Å²) in [6.45, 7) is 2.23. The van der Waals surface area contributed by atoms with Crippen LogP contribution in [0.3, 0.4) is 0 Å². The van der Waals surface area contributed by atoms with Crippen molar-refractivity contribution in [3.63, 3.8) is 0 Å². The molecule has 1 saturated carbocycles. The Balaban J connectivity index is 2.33. The third-order valence-electron chi connectivity index (χ3n) is 1.76. The highest BCUT2D eigenvalue weighted by Crippen LogP contribution is 2.28. The highest BCUT2D eigenvalue weighted by Gasteiger charge is 2.19. The maximum absolute atomic E-state index is 5.86. The molecule has 0 aromatic carbocycles. The first-order valence-corrected chi connectivity index (χ1v) is 3.38. The Morgan fingerprint density at radius 1 is 1.43 bits per heavy atom. The van der Waals surface area contributed by atoms with Crippen LogP contribution in [0.1, 0.15) is 26.2 Å². The van der Waals surface area contributed by atoms with Gasteiger partial charge in [0.15, 0.2) is 0 Å². The molecule has 42 valence electrons. The van der Waals surface area contributed by atoms with Crippen molar-refractivity contribution >= 4 is 11.6 Å². The number of halogens is 1. The fraction of sp³-hybridized carbons (Fsp3) is 1.00. The molecule has 1 aliphatic carbocycles. The van der Waals surface area contributed by atoms with Crippen molar-refractivity contribution in [1.82, 2.24) is 0 Å². The van der Waals surface area contributed by atoms with E-state index in [9.17, 15) is 0 Å². The largest absolute Gasteiger partial charge is 0.123 e. The first-order chi connectivity index (χ1) is 3.30. The molecule has 7 heavy (non-hydrogen) atoms. The van der Waals surface area contributed by atoms with E-state index in [1.165, 1.54) is 19.3 Å². The third kappa shape index (κ3) is 1.09. The van der Waals surface area contributed by atoms with E-state index < -0.39 is 0 Å². The Bertz CT molecular complexity index is 53.2. The zero-order valence-electron chi connectivity index (χ0n) is 4.65. The van der Waals surface area contributed by atoms with Crippen molar-refractivity contribution in [3.05, 3.63) is 0 Å². The lowest BCUT2D eigenvalue weighted by molar-refractivity contribution is 0.619. The van der Waals surface area contributed by atoms with E-state index in [-0.39, 0.29) is 0 Å². The summed E-state index contributed by atoms with van der Waals surface area (Å²) in [4.78, 5) is 0. The maximum atomic E-state index is 5.86. The van der Waals surface area contributed by atoms with Crippen molar-refractivity contribution in [2.24, 2.45) is 5.92 Å². The van der Waals surface area contributed by atoms with Gasteiger partial charge in [-0.1, -0.05) is 13.3 Å². The topological polar surface area (TPSA) is 0 Å². The molecular formula is C6H11Cl. The summed E-state index contributed by atoms with van der Waals surface area (Å²) in [6, 6.07) is 0. The average molecular weight is 119 g/mol. The van der Waals surface area contributed by atoms with Gasteiger partial charge in [-0.05, 0) is 18.8 Å². The number of alkyl halides is 1. The molecule has 0 spiro atoms. The van der Waals surface area contributed by atoms with Gasteiger partial charge in [0.05, 0.1) is 0 Å². The summed E-state index contributed by atoms with van der Waals surface area (Å²) < 4.78 is 0. The second-order valence-corrected chi connectivity index (χ2v) is 2.98. The van der Waals surface area contributed by atoms with Gasteiger partial charge in [0.25, 0.3) is 0 Å². The van der Waals surface area contributed by atoms with Gasteiger partial charge < -0.3 is 0 Å². The summed E-state index contributed by atoms with van der Waals surface area (Å²) in [5, 5.41) is 0.486. The molecule has 0 saturated heterocycles. The summed E-state index contributed by atoms with van der Waals surface area (Å²) in [5.41, 5.74) is 0. The number of rotatable bonds is 0. The fourth-order valence-corrected chi connectivity index (χ4v) is 1.38. The minimum absolute atomic E-state index is 0.486. The lowest BCUT2D eigenvalue weighted by atomic mass is 10.1. The predicted molar refractivity (Wildman–Crippen MR) is 32.7 cm³/mol. The molecule has 0 radical (unpaired) electrons. The van der Waals surface area contributed by atoms with E-state index in [1.54, 1.807) is 0 Å². The lowest BCUT2D eigenvalue weighted by Gasteiger charge is -2.02. The van der Waals surface area contributed by atoms with Crippen molar-refractivity contribution in [2.45, 2.75) is 31.6 Å². The Morgan fingerprint density at radius 3 is 2.29 bits per heavy atom. The highest BCUT2D eigenvalue weighted by molar-refractivity contribution is 6.20. The minimum atomic E-state index is 0.486. The van der Waals surface area contributed by atoms with E-state index in [0.29, 0.717) is 5.38 Å². The molecule has 1 fully saturated rings. The molecule has 0 aromatic heterocycles. The van der Waals surface area contributed by atoms with Gasteiger partial charge in [-0.3, -0.25) is 0 Å². The third-order valence-corrected chi connectivity index (χ3v) is 2.41. The molecule has 0 aliphatic heterocycles. The highest BCUT2D eigenvalue weighted by atomic mass is 35.5. The molecule has 0 nitrogen and oxygen atoms in total. The number of hydrogen-bond acceptors (Lipinski definition) is 0. The molecule has 1 aliphatic rings. The van der Waals surface area contributed by atoms with Crippen LogP contribution >= 0.6 is 11.6 Å². The van der Waals surface area contributed by atoms with Gasteiger partial charge in [-0.2, -0.15) is 0 Å². The second-order valence-electron chi connectivity index (χ2n) is 2.42. The number of hydrogen-bond donors (Lipinski definition) is 0. The maximum Gasteiger partial charge on any atom is 0.0361 e. The van der Waals surface area contributed by atoms with E-state index in [1.807, 2.05) is 0 Å². The van der Waals surface area contributed by atoms with E-state index in [4.69, 9.17) is 11.6 Å². The summed E-state index contributed by atoms with van der Waals surface area (Å²) in [5.74, 6) is 0.779. The first-order valence-electron chi connectivity index (χ1n) is 2.95. The molecule has 1 heteroatoms. The van der Waals surface area contributed by atoms with Gasteiger partial charge in [0.1, 0.15) is 0 Å². The van der Waals surface area contributed by atoms with Gasteiger partial charge in [-0.25, -0.2) is 0 Å². The van der Waals surface area contributed by atoms with Gasteiger partial charge in [0, 0.05) is 5.38 Å².